The van der Waals surface area contributed by atoms with Crippen molar-refractivity contribution in [3.05, 3.63) is 136 Å². The van der Waals surface area contributed by atoms with Crippen LogP contribution in [0.2, 0.25) is 5.02 Å². The number of halogens is 2. The maximum absolute atomic E-state index is 14.7. The first kappa shape index (κ1) is 26.4. The normalized spacial score (nSPS) is 21.3. The molecule has 0 saturated carbocycles. The van der Waals surface area contributed by atoms with Gasteiger partial charge in [0.1, 0.15) is 23.0 Å². The minimum Gasteiger partial charge on any atom is -0.494 e. The molecule has 0 bridgehead atoms. The van der Waals surface area contributed by atoms with Crippen LogP contribution in [-0.2, 0) is 0 Å². The maximum Gasteiger partial charge on any atom is 0.185 e. The molecule has 3 aliphatic rings. The minimum atomic E-state index is -1.67. The fraction of sp³-hybridized carbons (Fsp3) is 0.171. The van der Waals surface area contributed by atoms with Gasteiger partial charge in [0.05, 0.1) is 12.6 Å². The summed E-state index contributed by atoms with van der Waals surface area (Å²) >= 11 is 6.16. The molecular weight excluding hydrogens is 553 g/mol. The number of carbonyl (C=O) groups is 3. The Morgan fingerprint density at radius 2 is 1.60 bits per heavy atom. The third-order valence-corrected chi connectivity index (χ3v) is 8.97. The second-order valence-electron chi connectivity index (χ2n) is 10.8. The second-order valence-corrected chi connectivity index (χ2v) is 11.2. The first-order chi connectivity index (χ1) is 20.4. The molecule has 4 aromatic rings. The standard InChI is InChI=1S/C35H25ClFNO4/c1-2-42-28-10-6-5-9-26(28)30-31(32(39)20-11-14-22(36)15-12-20)38-27-17-16-23(37)19-21(27)13-18-29(38)35(30)33(40)24-7-3-4-8-25(24)34(35)41/h3-19,29-31H,2H2,1H3/t29?,30-,31+/m0/s1. The van der Waals surface area contributed by atoms with E-state index < -0.39 is 29.2 Å². The summed E-state index contributed by atoms with van der Waals surface area (Å²) in [5, 5.41) is 0.476. The second kappa shape index (κ2) is 9.78. The summed E-state index contributed by atoms with van der Waals surface area (Å²) in [6, 6.07) is 23.2. The van der Waals surface area contributed by atoms with Crippen molar-refractivity contribution in [1.82, 2.24) is 0 Å². The molecule has 0 radical (unpaired) electrons. The summed E-state index contributed by atoms with van der Waals surface area (Å²) in [7, 11) is 0. The van der Waals surface area contributed by atoms with Gasteiger partial charge in [-0.05, 0) is 55.5 Å². The van der Waals surface area contributed by atoms with E-state index in [0.717, 1.165) is 0 Å². The van der Waals surface area contributed by atoms with Crippen LogP contribution in [0.15, 0.2) is 97.1 Å². The van der Waals surface area contributed by atoms with E-state index in [1.54, 1.807) is 72.8 Å². The molecule has 0 aromatic heterocycles. The number of ether oxygens (including phenoxy) is 1. The van der Waals surface area contributed by atoms with Gasteiger partial charge in [-0.15, -0.1) is 0 Å². The van der Waals surface area contributed by atoms with Crippen molar-refractivity contribution in [2.75, 3.05) is 11.5 Å². The molecule has 0 N–H and O–H groups in total. The number of para-hydroxylation sites is 1. The van der Waals surface area contributed by atoms with Crippen molar-refractivity contribution >= 4 is 40.7 Å². The quantitative estimate of drug-likeness (QED) is 0.185. The number of hydrogen-bond acceptors (Lipinski definition) is 5. The molecule has 1 fully saturated rings. The molecule has 4 aromatic carbocycles. The molecule has 2 heterocycles. The van der Waals surface area contributed by atoms with Gasteiger partial charge in [-0.1, -0.05) is 66.2 Å². The van der Waals surface area contributed by atoms with Crippen LogP contribution in [0.3, 0.4) is 0 Å². The Bertz CT molecular complexity index is 1780. The van der Waals surface area contributed by atoms with Crippen molar-refractivity contribution in [2.45, 2.75) is 24.9 Å². The maximum atomic E-state index is 14.7. The summed E-state index contributed by atoms with van der Waals surface area (Å²) in [6.45, 7) is 2.21. The Hall–Kier alpha value is -4.55. The lowest BCUT2D eigenvalue weighted by Gasteiger charge is -2.37. The third kappa shape index (κ3) is 3.58. The summed E-state index contributed by atoms with van der Waals surface area (Å²) < 4.78 is 20.5. The number of ketones is 3. The van der Waals surface area contributed by atoms with Crippen LogP contribution in [0.5, 0.6) is 5.75 Å². The fourth-order valence-electron chi connectivity index (χ4n) is 7.10. The zero-order valence-electron chi connectivity index (χ0n) is 22.6. The van der Waals surface area contributed by atoms with Crippen molar-refractivity contribution in [1.29, 1.82) is 0 Å². The van der Waals surface area contributed by atoms with E-state index in [2.05, 4.69) is 0 Å². The molecule has 1 unspecified atom stereocenters. The van der Waals surface area contributed by atoms with Crippen LogP contribution < -0.4 is 9.64 Å². The average Bonchev–Trinajstić information content (AvgIpc) is 3.43. The molecular formula is C35H25ClFNO4. The van der Waals surface area contributed by atoms with E-state index in [9.17, 15) is 18.8 Å². The third-order valence-electron chi connectivity index (χ3n) is 8.72. The SMILES string of the molecule is CCOc1ccccc1[C@H]1[C@H](C(=O)c2ccc(Cl)cc2)N2c3ccc(F)cc3C=CC2C12C(=O)c1ccccc1C2=O. The number of benzene rings is 4. The highest BCUT2D eigenvalue weighted by Crippen LogP contribution is 2.62. The van der Waals surface area contributed by atoms with Gasteiger partial charge in [0, 0.05) is 44.4 Å². The van der Waals surface area contributed by atoms with E-state index in [0.29, 0.717) is 50.9 Å². The first-order valence-corrected chi connectivity index (χ1v) is 14.2. The van der Waals surface area contributed by atoms with Crippen molar-refractivity contribution in [2.24, 2.45) is 5.41 Å². The number of rotatable bonds is 5. The van der Waals surface area contributed by atoms with Gasteiger partial charge in [0.15, 0.2) is 17.3 Å². The predicted molar refractivity (Wildman–Crippen MR) is 159 cm³/mol. The van der Waals surface area contributed by atoms with Gasteiger partial charge in [-0.25, -0.2) is 4.39 Å². The van der Waals surface area contributed by atoms with Crippen LogP contribution in [0.4, 0.5) is 10.1 Å². The zero-order valence-corrected chi connectivity index (χ0v) is 23.3. The van der Waals surface area contributed by atoms with E-state index in [-0.39, 0.29) is 17.3 Å². The summed E-state index contributed by atoms with van der Waals surface area (Å²) in [5.41, 5.74) is 1.10. The Morgan fingerprint density at radius 1 is 0.929 bits per heavy atom. The van der Waals surface area contributed by atoms with Crippen LogP contribution in [0.1, 0.15) is 55.0 Å². The Labute approximate surface area is 247 Å². The van der Waals surface area contributed by atoms with E-state index >= 15 is 0 Å². The first-order valence-electron chi connectivity index (χ1n) is 13.8. The number of hydrogen-bond donors (Lipinski definition) is 0. The molecule has 7 rings (SSSR count). The molecule has 2 aliphatic heterocycles. The Kier molecular flexibility index (Phi) is 6.13. The largest absolute Gasteiger partial charge is 0.494 e. The van der Waals surface area contributed by atoms with Gasteiger partial charge in [-0.3, -0.25) is 14.4 Å². The Morgan fingerprint density at radius 3 is 2.29 bits per heavy atom. The van der Waals surface area contributed by atoms with E-state index in [1.807, 2.05) is 30.0 Å². The summed E-state index contributed by atoms with van der Waals surface area (Å²) in [5.74, 6) is -1.82. The Balaban J connectivity index is 1.56. The molecule has 1 aliphatic carbocycles. The lowest BCUT2D eigenvalue weighted by Crippen LogP contribution is -2.48. The highest BCUT2D eigenvalue weighted by molar-refractivity contribution is 6.32. The number of carbonyl (C=O) groups excluding carboxylic acids is 3. The van der Waals surface area contributed by atoms with E-state index in [4.69, 9.17) is 16.3 Å². The molecule has 42 heavy (non-hydrogen) atoms. The van der Waals surface area contributed by atoms with Gasteiger partial charge in [0.25, 0.3) is 0 Å². The number of nitrogens with zero attached hydrogens (tertiary/aromatic N) is 1. The van der Waals surface area contributed by atoms with Gasteiger partial charge in [0.2, 0.25) is 0 Å². The highest BCUT2D eigenvalue weighted by Gasteiger charge is 2.71. The highest BCUT2D eigenvalue weighted by atomic mass is 35.5. The lowest BCUT2D eigenvalue weighted by molar-refractivity contribution is 0.0664. The van der Waals surface area contributed by atoms with Crippen molar-refractivity contribution in [3.63, 3.8) is 0 Å². The van der Waals surface area contributed by atoms with Gasteiger partial charge < -0.3 is 9.64 Å². The summed E-state index contributed by atoms with van der Waals surface area (Å²) in [4.78, 5) is 46.1. The van der Waals surface area contributed by atoms with E-state index in [1.165, 1.54) is 12.1 Å². The zero-order chi connectivity index (χ0) is 29.2. The van der Waals surface area contributed by atoms with Gasteiger partial charge in [-0.2, -0.15) is 0 Å². The topological polar surface area (TPSA) is 63.7 Å². The fourth-order valence-corrected chi connectivity index (χ4v) is 7.23. The molecule has 208 valence electrons. The smallest absolute Gasteiger partial charge is 0.185 e. The molecule has 5 nitrogen and oxygen atoms in total. The van der Waals surface area contributed by atoms with Crippen LogP contribution in [-0.4, -0.2) is 36.0 Å². The monoisotopic (exact) mass is 577 g/mol. The molecule has 3 atom stereocenters. The van der Waals surface area contributed by atoms with Crippen LogP contribution >= 0.6 is 11.6 Å². The van der Waals surface area contributed by atoms with Crippen molar-refractivity contribution < 1.29 is 23.5 Å². The molecule has 1 spiro atoms. The lowest BCUT2D eigenvalue weighted by atomic mass is 9.64. The molecule has 1 saturated heterocycles. The number of fused-ring (bicyclic) bond motifs is 5. The number of anilines is 1. The van der Waals surface area contributed by atoms with Crippen LogP contribution in [0, 0.1) is 11.2 Å². The summed E-state index contributed by atoms with van der Waals surface area (Å²) in [6.07, 6.45) is 3.51. The van der Waals surface area contributed by atoms with Crippen LogP contribution in [0.25, 0.3) is 6.08 Å². The number of Topliss-reactive ketones (excluding diaryl/α,β-unsaturated/α-hetero) is 3. The van der Waals surface area contributed by atoms with Gasteiger partial charge >= 0.3 is 0 Å². The van der Waals surface area contributed by atoms with Crippen molar-refractivity contribution in [3.8, 4) is 5.75 Å². The minimum absolute atomic E-state index is 0.285. The average molecular weight is 578 g/mol. The molecule has 0 amide bonds. The molecule has 7 heteroatoms. The predicted octanol–water partition coefficient (Wildman–Crippen LogP) is 7.19.